The van der Waals surface area contributed by atoms with Crippen LogP contribution < -0.4 is 5.32 Å². The molecule has 4 rings (SSSR count). The van der Waals surface area contributed by atoms with Gasteiger partial charge in [0.05, 0.1) is 0 Å². The molecule has 1 aliphatic carbocycles. The van der Waals surface area contributed by atoms with Crippen LogP contribution in [0.3, 0.4) is 0 Å². The van der Waals surface area contributed by atoms with Crippen LogP contribution in [0.4, 0.5) is 0 Å². The largest absolute Gasteiger partial charge is 0.381 e. The normalized spacial score (nSPS) is 20.9. The topological polar surface area (TPSA) is 28.2 Å². The van der Waals surface area contributed by atoms with Crippen LogP contribution in [0.25, 0.3) is 5.70 Å². The first-order valence-corrected chi connectivity index (χ1v) is 8.55. The molecule has 0 saturated carbocycles. The third-order valence-corrected chi connectivity index (χ3v) is 4.84. The first kappa shape index (κ1) is 14.5. The Kier molecular flexibility index (Phi) is 4.12. The molecule has 1 unspecified atom stereocenters. The van der Waals surface area contributed by atoms with Gasteiger partial charge >= 0.3 is 0 Å². The summed E-state index contributed by atoms with van der Waals surface area (Å²) in [6.45, 7) is 3.34. The fourth-order valence-electron chi connectivity index (χ4n) is 3.66. The van der Waals surface area contributed by atoms with Crippen LogP contribution in [0.1, 0.15) is 29.5 Å². The van der Waals surface area contributed by atoms with Gasteiger partial charge in [0, 0.05) is 49.3 Å². The van der Waals surface area contributed by atoms with Crippen LogP contribution in [0.5, 0.6) is 0 Å². The van der Waals surface area contributed by atoms with Crippen LogP contribution in [0.2, 0.25) is 0 Å². The van der Waals surface area contributed by atoms with Crippen LogP contribution in [0.15, 0.2) is 54.9 Å². The molecule has 0 amide bonds. The number of benzene rings is 1. The van der Waals surface area contributed by atoms with Crippen molar-refractivity contribution in [2.45, 2.75) is 31.8 Å². The maximum absolute atomic E-state index is 4.26. The van der Waals surface area contributed by atoms with Gasteiger partial charge in [0.15, 0.2) is 0 Å². The molecule has 1 aromatic carbocycles. The van der Waals surface area contributed by atoms with Crippen molar-refractivity contribution >= 4 is 5.70 Å². The van der Waals surface area contributed by atoms with Gasteiger partial charge in [0.1, 0.15) is 0 Å². The molecule has 3 nitrogen and oxygen atoms in total. The van der Waals surface area contributed by atoms with Gasteiger partial charge in [-0.3, -0.25) is 9.88 Å². The van der Waals surface area contributed by atoms with Gasteiger partial charge in [0.25, 0.3) is 0 Å². The number of pyridine rings is 1. The van der Waals surface area contributed by atoms with Gasteiger partial charge in [-0.05, 0) is 36.5 Å². The van der Waals surface area contributed by atoms with Crippen molar-refractivity contribution in [2.75, 3.05) is 13.1 Å². The van der Waals surface area contributed by atoms with Crippen LogP contribution in [0, 0.1) is 0 Å². The highest BCUT2D eigenvalue weighted by molar-refractivity contribution is 5.68. The minimum Gasteiger partial charge on any atom is -0.381 e. The second-order valence-corrected chi connectivity index (χ2v) is 6.54. The Labute approximate surface area is 138 Å². The Hall–Kier alpha value is -2.13. The number of nitrogens with one attached hydrogen (secondary N) is 1. The Morgan fingerprint density at radius 1 is 1.17 bits per heavy atom. The van der Waals surface area contributed by atoms with Gasteiger partial charge in [-0.2, -0.15) is 0 Å². The van der Waals surface area contributed by atoms with Crippen molar-refractivity contribution < 1.29 is 0 Å². The third kappa shape index (κ3) is 3.30. The molecular weight excluding hydrogens is 282 g/mol. The summed E-state index contributed by atoms with van der Waals surface area (Å²) in [5.74, 6) is 0. The quantitative estimate of drug-likeness (QED) is 0.940. The molecule has 1 saturated heterocycles. The second kappa shape index (κ2) is 6.55. The predicted molar refractivity (Wildman–Crippen MR) is 93.8 cm³/mol. The molecule has 1 fully saturated rings. The molecule has 1 aromatic heterocycles. The molecule has 1 aliphatic heterocycles. The van der Waals surface area contributed by atoms with Gasteiger partial charge in [0.2, 0.25) is 0 Å². The zero-order valence-corrected chi connectivity index (χ0v) is 13.4. The van der Waals surface area contributed by atoms with E-state index in [1.807, 2.05) is 12.4 Å². The summed E-state index contributed by atoms with van der Waals surface area (Å²) in [5, 5.41) is 3.78. The number of rotatable bonds is 4. The number of hydrogen-bond acceptors (Lipinski definition) is 3. The van der Waals surface area contributed by atoms with Gasteiger partial charge < -0.3 is 5.32 Å². The molecule has 2 aromatic rings. The number of aryl methyl sites for hydroxylation is 1. The number of hydrogen-bond donors (Lipinski definition) is 1. The number of likely N-dealkylation sites (tertiary alicyclic amines) is 1. The highest BCUT2D eigenvalue weighted by Gasteiger charge is 2.24. The summed E-state index contributed by atoms with van der Waals surface area (Å²) in [5.41, 5.74) is 5.42. The van der Waals surface area contributed by atoms with Gasteiger partial charge in [-0.15, -0.1) is 0 Å². The summed E-state index contributed by atoms with van der Waals surface area (Å²) in [6, 6.07) is 13.5. The van der Waals surface area contributed by atoms with Crippen LogP contribution in [-0.2, 0) is 13.0 Å². The molecule has 0 radical (unpaired) electrons. The zero-order chi connectivity index (χ0) is 15.5. The SMILES string of the molecule is C1=C(NC2CCN(Cc3ccccc3)C2)c2ccncc2CC1. The molecule has 0 bridgehead atoms. The number of allylic oxidation sites excluding steroid dienone is 1. The Bertz CT molecular complexity index is 693. The second-order valence-electron chi connectivity index (χ2n) is 6.54. The van der Waals surface area contributed by atoms with Gasteiger partial charge in [-0.25, -0.2) is 0 Å². The monoisotopic (exact) mass is 305 g/mol. The smallest absolute Gasteiger partial charge is 0.0400 e. The van der Waals surface area contributed by atoms with E-state index in [1.54, 1.807) is 0 Å². The predicted octanol–water partition coefficient (Wildman–Crippen LogP) is 3.23. The fourth-order valence-corrected chi connectivity index (χ4v) is 3.66. The standard InChI is InChI=1S/C20H23N3/c1-2-5-16(6-3-1)14-23-12-10-18(15-23)22-20-8-4-7-17-13-21-11-9-19(17)20/h1-3,5-6,8-9,11,13,18,22H,4,7,10,12,14-15H2. The first-order chi connectivity index (χ1) is 11.4. The van der Waals surface area contributed by atoms with Crippen molar-refractivity contribution in [1.82, 2.24) is 15.2 Å². The van der Waals surface area contributed by atoms with E-state index in [0.29, 0.717) is 6.04 Å². The molecule has 118 valence electrons. The van der Waals surface area contributed by atoms with E-state index in [4.69, 9.17) is 0 Å². The maximum atomic E-state index is 4.26. The molecule has 2 aliphatic rings. The molecule has 1 atom stereocenters. The summed E-state index contributed by atoms with van der Waals surface area (Å²) >= 11 is 0. The highest BCUT2D eigenvalue weighted by atomic mass is 15.2. The molecule has 0 spiro atoms. The average molecular weight is 305 g/mol. The van der Waals surface area contributed by atoms with E-state index in [9.17, 15) is 0 Å². The lowest BCUT2D eigenvalue weighted by molar-refractivity contribution is 0.324. The minimum absolute atomic E-state index is 0.545. The van der Waals surface area contributed by atoms with E-state index in [0.717, 1.165) is 25.9 Å². The molecule has 3 heteroatoms. The van der Waals surface area contributed by atoms with Crippen molar-refractivity contribution in [2.24, 2.45) is 0 Å². The molecule has 23 heavy (non-hydrogen) atoms. The summed E-state index contributed by atoms with van der Waals surface area (Å²) in [4.78, 5) is 6.81. The number of aromatic nitrogens is 1. The van der Waals surface area contributed by atoms with Crippen molar-refractivity contribution in [3.05, 3.63) is 71.6 Å². The summed E-state index contributed by atoms with van der Waals surface area (Å²) in [6.07, 6.45) is 9.70. The molecule has 1 N–H and O–H groups in total. The van der Waals surface area contributed by atoms with E-state index in [1.165, 1.54) is 35.4 Å². The number of fused-ring (bicyclic) bond motifs is 1. The first-order valence-electron chi connectivity index (χ1n) is 8.55. The van der Waals surface area contributed by atoms with E-state index < -0.39 is 0 Å². The van der Waals surface area contributed by atoms with Crippen molar-refractivity contribution in [3.63, 3.8) is 0 Å². The minimum atomic E-state index is 0.545. The van der Waals surface area contributed by atoms with Crippen LogP contribution >= 0.6 is 0 Å². The highest BCUT2D eigenvalue weighted by Crippen LogP contribution is 2.25. The summed E-state index contributed by atoms with van der Waals surface area (Å²) < 4.78 is 0. The van der Waals surface area contributed by atoms with Crippen molar-refractivity contribution in [1.29, 1.82) is 0 Å². The van der Waals surface area contributed by atoms with E-state index in [-0.39, 0.29) is 0 Å². The molecule has 2 heterocycles. The zero-order valence-electron chi connectivity index (χ0n) is 13.4. The van der Waals surface area contributed by atoms with Gasteiger partial charge in [-0.1, -0.05) is 36.4 Å². The fraction of sp³-hybridized carbons (Fsp3) is 0.350. The van der Waals surface area contributed by atoms with E-state index in [2.05, 4.69) is 57.7 Å². The Morgan fingerprint density at radius 3 is 3.00 bits per heavy atom. The Balaban J connectivity index is 1.38. The Morgan fingerprint density at radius 2 is 2.09 bits per heavy atom. The van der Waals surface area contributed by atoms with E-state index >= 15 is 0 Å². The average Bonchev–Trinajstić information content (AvgIpc) is 3.03. The summed E-state index contributed by atoms with van der Waals surface area (Å²) in [7, 11) is 0. The molecular formula is C20H23N3. The maximum Gasteiger partial charge on any atom is 0.0400 e. The number of nitrogens with zero attached hydrogens (tertiary/aromatic N) is 2. The van der Waals surface area contributed by atoms with Crippen LogP contribution in [-0.4, -0.2) is 29.0 Å². The van der Waals surface area contributed by atoms with Crippen molar-refractivity contribution in [3.8, 4) is 0 Å². The lowest BCUT2D eigenvalue weighted by Crippen LogP contribution is -2.32. The lowest BCUT2D eigenvalue weighted by atomic mass is 9.96. The third-order valence-electron chi connectivity index (χ3n) is 4.84. The lowest BCUT2D eigenvalue weighted by Gasteiger charge is -2.23.